The van der Waals surface area contributed by atoms with Gasteiger partial charge in [0.1, 0.15) is 6.04 Å². The number of aromatic nitrogens is 2. The van der Waals surface area contributed by atoms with Crippen molar-refractivity contribution in [1.82, 2.24) is 20.4 Å². The maximum Gasteiger partial charge on any atom is 0.404 e. The van der Waals surface area contributed by atoms with Crippen molar-refractivity contribution in [3.8, 4) is 0 Å². The first-order valence-corrected chi connectivity index (χ1v) is 6.22. The standard InChI is InChI=1S/C12H15F3N4O/c1-19-7-9(2-3-10(19)12(13,14)15)18-11(20)8-4-5-16-17-6-8/h4-6,9-10H,2-3,7H2,1H3,(H,18,20)/t9-,10-/m0/s1. The van der Waals surface area contributed by atoms with Crippen LogP contribution in [0.5, 0.6) is 0 Å². The number of likely N-dealkylation sites (tertiary alicyclic amines) is 1. The lowest BCUT2D eigenvalue weighted by atomic mass is 9.98. The normalized spacial score (nSPS) is 24.4. The number of rotatable bonds is 2. The molecule has 1 aliphatic rings. The summed E-state index contributed by atoms with van der Waals surface area (Å²) < 4.78 is 38.1. The minimum atomic E-state index is -4.22. The van der Waals surface area contributed by atoms with Crippen LogP contribution < -0.4 is 5.32 Å². The summed E-state index contributed by atoms with van der Waals surface area (Å²) in [5.41, 5.74) is 0.348. The second-order valence-corrected chi connectivity index (χ2v) is 4.88. The molecule has 110 valence electrons. The number of hydrogen-bond acceptors (Lipinski definition) is 4. The lowest BCUT2D eigenvalue weighted by Gasteiger charge is -2.38. The van der Waals surface area contributed by atoms with E-state index < -0.39 is 12.2 Å². The zero-order chi connectivity index (χ0) is 14.8. The zero-order valence-corrected chi connectivity index (χ0v) is 10.9. The molecule has 0 aromatic carbocycles. The molecule has 1 aromatic heterocycles. The Labute approximate surface area is 114 Å². The van der Waals surface area contributed by atoms with Crippen molar-refractivity contribution in [2.75, 3.05) is 13.6 Å². The maximum atomic E-state index is 12.7. The Kier molecular flexibility index (Phi) is 4.22. The van der Waals surface area contributed by atoms with Gasteiger partial charge < -0.3 is 5.32 Å². The second-order valence-electron chi connectivity index (χ2n) is 4.88. The van der Waals surface area contributed by atoms with E-state index in [2.05, 4.69) is 15.5 Å². The molecule has 0 bridgehead atoms. The number of halogens is 3. The van der Waals surface area contributed by atoms with Gasteiger partial charge in [0, 0.05) is 12.6 Å². The summed E-state index contributed by atoms with van der Waals surface area (Å²) in [5, 5.41) is 9.87. The van der Waals surface area contributed by atoms with Crippen molar-refractivity contribution in [2.45, 2.75) is 31.1 Å². The Morgan fingerprint density at radius 1 is 1.40 bits per heavy atom. The van der Waals surface area contributed by atoms with Crippen LogP contribution in [0.25, 0.3) is 0 Å². The first-order chi connectivity index (χ1) is 9.38. The average Bonchev–Trinajstić information content (AvgIpc) is 2.38. The minimum Gasteiger partial charge on any atom is -0.348 e. The molecule has 2 atom stereocenters. The minimum absolute atomic E-state index is 0.0143. The number of alkyl halides is 3. The summed E-state index contributed by atoms with van der Waals surface area (Å²) in [7, 11) is 1.42. The van der Waals surface area contributed by atoms with Crippen molar-refractivity contribution >= 4 is 5.91 Å². The molecule has 1 fully saturated rings. The second kappa shape index (κ2) is 5.74. The molecular weight excluding hydrogens is 273 g/mol. The fraction of sp³-hybridized carbons (Fsp3) is 0.583. The van der Waals surface area contributed by atoms with E-state index in [9.17, 15) is 18.0 Å². The van der Waals surface area contributed by atoms with E-state index in [0.29, 0.717) is 12.0 Å². The van der Waals surface area contributed by atoms with E-state index in [1.165, 1.54) is 30.4 Å². The third-order valence-corrected chi connectivity index (χ3v) is 3.39. The topological polar surface area (TPSA) is 58.1 Å². The smallest absolute Gasteiger partial charge is 0.348 e. The Morgan fingerprint density at radius 3 is 2.70 bits per heavy atom. The van der Waals surface area contributed by atoms with Gasteiger partial charge in [-0.1, -0.05) is 0 Å². The maximum absolute atomic E-state index is 12.7. The molecule has 8 heteroatoms. The highest BCUT2D eigenvalue weighted by Gasteiger charge is 2.44. The lowest BCUT2D eigenvalue weighted by molar-refractivity contribution is -0.188. The predicted octanol–water partition coefficient (Wildman–Crippen LogP) is 1.23. The summed E-state index contributed by atoms with van der Waals surface area (Å²) in [6.45, 7) is 0.175. The molecule has 1 aliphatic heterocycles. The van der Waals surface area contributed by atoms with Crippen LogP contribution in [-0.2, 0) is 0 Å². The van der Waals surface area contributed by atoms with Gasteiger partial charge in [-0.2, -0.15) is 23.4 Å². The summed E-state index contributed by atoms with van der Waals surface area (Å²) in [6, 6.07) is -0.217. The van der Waals surface area contributed by atoms with Crippen LogP contribution in [0.1, 0.15) is 23.2 Å². The molecule has 1 saturated heterocycles. The highest BCUT2D eigenvalue weighted by Crippen LogP contribution is 2.30. The number of nitrogens with one attached hydrogen (secondary N) is 1. The van der Waals surface area contributed by atoms with Crippen LogP contribution in [0.4, 0.5) is 13.2 Å². The van der Waals surface area contributed by atoms with Crippen molar-refractivity contribution < 1.29 is 18.0 Å². The number of carbonyl (C=O) groups excluding carboxylic acids is 1. The Balaban J connectivity index is 1.92. The van der Waals surface area contributed by atoms with Crippen LogP contribution in [0.2, 0.25) is 0 Å². The predicted molar refractivity (Wildman–Crippen MR) is 65.0 cm³/mol. The molecule has 0 spiro atoms. The number of hydrogen-bond donors (Lipinski definition) is 1. The molecule has 0 unspecified atom stereocenters. The fourth-order valence-corrected chi connectivity index (χ4v) is 2.37. The van der Waals surface area contributed by atoms with Gasteiger partial charge in [-0.15, -0.1) is 0 Å². The molecule has 1 N–H and O–H groups in total. The number of nitrogens with zero attached hydrogens (tertiary/aromatic N) is 3. The summed E-state index contributed by atoms with van der Waals surface area (Å²) >= 11 is 0. The summed E-state index contributed by atoms with van der Waals surface area (Å²) in [4.78, 5) is 13.1. The highest BCUT2D eigenvalue weighted by atomic mass is 19.4. The van der Waals surface area contributed by atoms with E-state index >= 15 is 0 Å². The number of carbonyl (C=O) groups is 1. The van der Waals surface area contributed by atoms with E-state index in [1.807, 2.05) is 0 Å². The molecule has 2 heterocycles. The van der Waals surface area contributed by atoms with E-state index in [-0.39, 0.29) is 24.9 Å². The highest BCUT2D eigenvalue weighted by molar-refractivity contribution is 5.93. The van der Waals surface area contributed by atoms with Crippen LogP contribution in [0.3, 0.4) is 0 Å². The van der Waals surface area contributed by atoms with Crippen molar-refractivity contribution in [1.29, 1.82) is 0 Å². The van der Waals surface area contributed by atoms with Crippen molar-refractivity contribution in [3.05, 3.63) is 24.0 Å². The molecule has 1 aromatic rings. The van der Waals surface area contributed by atoms with Crippen LogP contribution in [0, 0.1) is 0 Å². The van der Waals surface area contributed by atoms with E-state index in [0.717, 1.165) is 0 Å². The quantitative estimate of drug-likeness (QED) is 0.889. The van der Waals surface area contributed by atoms with Gasteiger partial charge >= 0.3 is 6.18 Å². The largest absolute Gasteiger partial charge is 0.404 e. The van der Waals surface area contributed by atoms with E-state index in [4.69, 9.17) is 0 Å². The molecular formula is C12H15F3N4O. The molecule has 0 aliphatic carbocycles. The Morgan fingerprint density at radius 2 is 2.15 bits per heavy atom. The SMILES string of the molecule is CN1C[C@@H](NC(=O)c2ccnnc2)CC[C@H]1C(F)(F)F. The van der Waals surface area contributed by atoms with Crippen molar-refractivity contribution in [2.24, 2.45) is 0 Å². The summed E-state index contributed by atoms with van der Waals surface area (Å²) in [5.74, 6) is -0.344. The van der Waals surface area contributed by atoms with Crippen LogP contribution >= 0.6 is 0 Å². The summed E-state index contributed by atoms with van der Waals surface area (Å²) in [6.07, 6.45) is -1.22. The Bertz CT molecular complexity index is 466. The molecule has 1 amide bonds. The average molecular weight is 288 g/mol. The van der Waals surface area contributed by atoms with Gasteiger partial charge in [-0.3, -0.25) is 9.69 Å². The number of amides is 1. The third kappa shape index (κ3) is 3.44. The molecule has 0 saturated carbocycles. The zero-order valence-electron chi connectivity index (χ0n) is 10.9. The lowest BCUT2D eigenvalue weighted by Crippen LogP contribution is -2.54. The van der Waals surface area contributed by atoms with Gasteiger partial charge in [0.05, 0.1) is 18.0 Å². The molecule has 0 radical (unpaired) electrons. The Hall–Kier alpha value is -1.70. The number of likely N-dealkylation sites (N-methyl/N-ethyl adjacent to an activating group) is 1. The number of piperidine rings is 1. The van der Waals surface area contributed by atoms with Gasteiger partial charge in [-0.05, 0) is 26.0 Å². The molecule has 2 rings (SSSR count). The first kappa shape index (κ1) is 14.7. The van der Waals surface area contributed by atoms with Gasteiger partial charge in [0.15, 0.2) is 0 Å². The van der Waals surface area contributed by atoms with Crippen LogP contribution in [0.15, 0.2) is 18.5 Å². The van der Waals surface area contributed by atoms with Gasteiger partial charge in [0.2, 0.25) is 0 Å². The van der Waals surface area contributed by atoms with Crippen LogP contribution in [-0.4, -0.2) is 52.9 Å². The first-order valence-electron chi connectivity index (χ1n) is 6.22. The van der Waals surface area contributed by atoms with Gasteiger partial charge in [-0.25, -0.2) is 0 Å². The third-order valence-electron chi connectivity index (χ3n) is 3.39. The van der Waals surface area contributed by atoms with Gasteiger partial charge in [0.25, 0.3) is 5.91 Å². The molecule has 5 nitrogen and oxygen atoms in total. The van der Waals surface area contributed by atoms with E-state index in [1.54, 1.807) is 0 Å². The fourth-order valence-electron chi connectivity index (χ4n) is 2.37. The monoisotopic (exact) mass is 288 g/mol. The van der Waals surface area contributed by atoms with Crippen molar-refractivity contribution in [3.63, 3.8) is 0 Å². The molecule has 20 heavy (non-hydrogen) atoms.